The highest BCUT2D eigenvalue weighted by molar-refractivity contribution is 6.02. The second kappa shape index (κ2) is 7.43. The second-order valence-corrected chi connectivity index (χ2v) is 6.57. The van der Waals surface area contributed by atoms with Crippen LogP contribution in [-0.4, -0.2) is 26.0 Å². The predicted octanol–water partition coefficient (Wildman–Crippen LogP) is 3.91. The average molecular weight is 375 g/mol. The third kappa shape index (κ3) is 4.12. The Bertz CT molecular complexity index is 1050. The molecule has 0 aliphatic heterocycles. The number of carbonyl (C=O) groups is 1. The lowest BCUT2D eigenvalue weighted by molar-refractivity contribution is -0.384. The Hall–Kier alpha value is -3.81. The first-order chi connectivity index (χ1) is 13.6. The van der Waals surface area contributed by atoms with Crippen LogP contribution in [0.3, 0.4) is 0 Å². The van der Waals surface area contributed by atoms with Crippen molar-refractivity contribution in [1.82, 2.24) is 15.2 Å². The summed E-state index contributed by atoms with van der Waals surface area (Å²) in [5.74, 6) is 1.76. The molecule has 28 heavy (non-hydrogen) atoms. The van der Waals surface area contributed by atoms with Crippen molar-refractivity contribution in [3.8, 4) is 11.4 Å². The molecule has 0 atom stereocenters. The van der Waals surface area contributed by atoms with Gasteiger partial charge in [0.1, 0.15) is 5.82 Å². The Kier molecular flexibility index (Phi) is 4.67. The van der Waals surface area contributed by atoms with E-state index in [0.717, 1.165) is 24.2 Å². The van der Waals surface area contributed by atoms with Gasteiger partial charge in [-0.2, -0.15) is 5.10 Å². The number of hydrogen-bond donors (Lipinski definition) is 2. The Morgan fingerprint density at radius 1 is 1.21 bits per heavy atom. The number of H-pyrrole nitrogens is 1. The summed E-state index contributed by atoms with van der Waals surface area (Å²) in [7, 11) is 0. The molecule has 0 saturated heterocycles. The molecule has 0 spiro atoms. The van der Waals surface area contributed by atoms with E-state index in [1.807, 2.05) is 12.1 Å². The van der Waals surface area contributed by atoms with Gasteiger partial charge in [-0.25, -0.2) is 4.98 Å². The van der Waals surface area contributed by atoms with Crippen LogP contribution in [0.1, 0.15) is 30.1 Å². The van der Waals surface area contributed by atoms with Crippen molar-refractivity contribution in [2.75, 3.05) is 5.32 Å². The van der Waals surface area contributed by atoms with Gasteiger partial charge < -0.3 is 5.32 Å². The molecule has 0 bridgehead atoms. The van der Waals surface area contributed by atoms with Crippen LogP contribution < -0.4 is 5.32 Å². The Balaban J connectivity index is 1.38. The smallest absolute Gasteiger partial charge is 0.270 e. The number of nitrogens with one attached hydrogen (secondary N) is 2. The number of rotatable bonds is 6. The molecule has 2 aromatic carbocycles. The highest BCUT2D eigenvalue weighted by Crippen LogP contribution is 2.38. The van der Waals surface area contributed by atoms with Gasteiger partial charge in [0.15, 0.2) is 5.82 Å². The fourth-order valence-electron chi connectivity index (χ4n) is 2.74. The van der Waals surface area contributed by atoms with Crippen LogP contribution in [0, 0.1) is 10.1 Å². The monoisotopic (exact) mass is 375 g/mol. The molecule has 4 rings (SSSR count). The number of amides is 1. The summed E-state index contributed by atoms with van der Waals surface area (Å²) in [6.45, 7) is 0. The topological polar surface area (TPSA) is 114 Å². The van der Waals surface area contributed by atoms with E-state index in [4.69, 9.17) is 0 Å². The van der Waals surface area contributed by atoms with E-state index in [1.165, 1.54) is 24.3 Å². The van der Waals surface area contributed by atoms with Crippen molar-refractivity contribution in [1.29, 1.82) is 0 Å². The van der Waals surface area contributed by atoms with Crippen molar-refractivity contribution in [2.24, 2.45) is 0 Å². The van der Waals surface area contributed by atoms with E-state index in [2.05, 4.69) is 20.5 Å². The molecule has 1 aliphatic rings. The quantitative estimate of drug-likeness (QED) is 0.385. The van der Waals surface area contributed by atoms with E-state index < -0.39 is 4.92 Å². The highest BCUT2D eigenvalue weighted by Gasteiger charge is 2.27. The van der Waals surface area contributed by atoms with Crippen LogP contribution >= 0.6 is 0 Å². The molecule has 0 radical (unpaired) electrons. The van der Waals surface area contributed by atoms with E-state index in [0.29, 0.717) is 23.0 Å². The first-order valence-corrected chi connectivity index (χ1v) is 8.85. The zero-order valence-corrected chi connectivity index (χ0v) is 14.8. The molecule has 1 saturated carbocycles. The molecule has 1 amide bonds. The number of aromatic amines is 1. The summed E-state index contributed by atoms with van der Waals surface area (Å²) in [6, 6.07) is 13.3. The number of anilines is 1. The molecule has 8 nitrogen and oxygen atoms in total. The average Bonchev–Trinajstić information content (AvgIpc) is 3.44. The number of carbonyl (C=O) groups excluding carboxylic acids is 1. The number of hydrogen-bond acceptors (Lipinski definition) is 5. The fourth-order valence-corrected chi connectivity index (χ4v) is 2.74. The molecule has 2 N–H and O–H groups in total. The molecule has 140 valence electrons. The molecule has 1 aromatic heterocycles. The van der Waals surface area contributed by atoms with Crippen molar-refractivity contribution >= 4 is 23.4 Å². The number of nitrogens with zero attached hydrogens (tertiary/aromatic N) is 3. The van der Waals surface area contributed by atoms with E-state index in [1.54, 1.807) is 24.3 Å². The SMILES string of the molecule is O=C(/C=C/c1cccc([N+](=O)[O-])c1)Nc1ccc(-c2n[nH]c(C3CC3)n2)cc1. The van der Waals surface area contributed by atoms with Crippen LogP contribution in [0.4, 0.5) is 11.4 Å². The number of nitro benzene ring substituents is 1. The lowest BCUT2D eigenvalue weighted by Crippen LogP contribution is -2.07. The summed E-state index contributed by atoms with van der Waals surface area (Å²) >= 11 is 0. The summed E-state index contributed by atoms with van der Waals surface area (Å²) in [4.78, 5) is 26.9. The van der Waals surface area contributed by atoms with Gasteiger partial charge in [-0.05, 0) is 48.7 Å². The van der Waals surface area contributed by atoms with Crippen LogP contribution in [0.5, 0.6) is 0 Å². The third-order valence-electron chi connectivity index (χ3n) is 4.39. The minimum absolute atomic E-state index is 0.0186. The maximum Gasteiger partial charge on any atom is 0.270 e. The van der Waals surface area contributed by atoms with Gasteiger partial charge in [-0.1, -0.05) is 12.1 Å². The molecule has 3 aromatic rings. The van der Waals surface area contributed by atoms with Gasteiger partial charge in [-0.3, -0.25) is 20.0 Å². The van der Waals surface area contributed by atoms with E-state index >= 15 is 0 Å². The molecule has 0 unspecified atom stereocenters. The van der Waals surface area contributed by atoms with Crippen LogP contribution in [0.25, 0.3) is 17.5 Å². The normalized spacial score (nSPS) is 13.6. The van der Waals surface area contributed by atoms with Crippen LogP contribution in [0.15, 0.2) is 54.6 Å². The largest absolute Gasteiger partial charge is 0.323 e. The lowest BCUT2D eigenvalue weighted by atomic mass is 10.2. The first-order valence-electron chi connectivity index (χ1n) is 8.85. The summed E-state index contributed by atoms with van der Waals surface area (Å²) in [5.41, 5.74) is 2.06. The number of benzene rings is 2. The van der Waals surface area contributed by atoms with Gasteiger partial charge in [0.2, 0.25) is 5.91 Å². The van der Waals surface area contributed by atoms with Crippen LogP contribution in [0.2, 0.25) is 0 Å². The Morgan fingerprint density at radius 3 is 2.71 bits per heavy atom. The van der Waals surface area contributed by atoms with Crippen molar-refractivity contribution < 1.29 is 9.72 Å². The minimum Gasteiger partial charge on any atom is -0.323 e. The lowest BCUT2D eigenvalue weighted by Gasteiger charge is -2.03. The van der Waals surface area contributed by atoms with Crippen LogP contribution in [-0.2, 0) is 4.79 Å². The van der Waals surface area contributed by atoms with Gasteiger partial charge >= 0.3 is 0 Å². The van der Waals surface area contributed by atoms with E-state index in [9.17, 15) is 14.9 Å². The zero-order valence-electron chi connectivity index (χ0n) is 14.8. The number of non-ortho nitro benzene ring substituents is 1. The van der Waals surface area contributed by atoms with Gasteiger partial charge in [0.05, 0.1) is 4.92 Å². The first kappa shape index (κ1) is 17.6. The molecule has 1 aliphatic carbocycles. The van der Waals surface area contributed by atoms with E-state index in [-0.39, 0.29) is 11.6 Å². The van der Waals surface area contributed by atoms with Gasteiger partial charge in [0.25, 0.3) is 5.69 Å². The number of nitro groups is 1. The van der Waals surface area contributed by atoms with Gasteiger partial charge in [0, 0.05) is 35.4 Å². The second-order valence-electron chi connectivity index (χ2n) is 6.57. The fraction of sp³-hybridized carbons (Fsp3) is 0.150. The Morgan fingerprint density at radius 2 is 2.00 bits per heavy atom. The summed E-state index contributed by atoms with van der Waals surface area (Å²) < 4.78 is 0. The summed E-state index contributed by atoms with van der Waals surface area (Å²) in [6.07, 6.45) is 5.18. The van der Waals surface area contributed by atoms with Crippen molar-refractivity contribution in [2.45, 2.75) is 18.8 Å². The molecular formula is C20H17N5O3. The molecule has 1 fully saturated rings. The molecular weight excluding hydrogens is 358 g/mol. The third-order valence-corrected chi connectivity index (χ3v) is 4.39. The predicted molar refractivity (Wildman–Crippen MR) is 105 cm³/mol. The summed E-state index contributed by atoms with van der Waals surface area (Å²) in [5, 5.41) is 20.8. The molecule has 1 heterocycles. The van der Waals surface area contributed by atoms with Gasteiger partial charge in [-0.15, -0.1) is 0 Å². The highest BCUT2D eigenvalue weighted by atomic mass is 16.6. The number of aromatic nitrogens is 3. The Labute approximate surface area is 160 Å². The molecule has 8 heteroatoms. The van der Waals surface area contributed by atoms with Crippen molar-refractivity contribution in [3.05, 3.63) is 76.1 Å². The zero-order chi connectivity index (χ0) is 19.5. The minimum atomic E-state index is -0.471. The standard InChI is InChI=1S/C20H17N5O3/c26-18(11-4-13-2-1-3-17(12-13)25(27)28)21-16-9-7-15(8-10-16)20-22-19(23-24-20)14-5-6-14/h1-4,7-12,14H,5-6H2,(H,21,26)(H,22,23,24)/b11-4+. The maximum absolute atomic E-state index is 12.1. The maximum atomic E-state index is 12.1. The van der Waals surface area contributed by atoms with Crippen molar-refractivity contribution in [3.63, 3.8) is 0 Å².